The minimum Gasteiger partial charge on any atom is -0.508 e. The smallest absolute Gasteiger partial charge is 0.198 e. The fourth-order valence-electron chi connectivity index (χ4n) is 2.47. The van der Waals surface area contributed by atoms with E-state index in [0.29, 0.717) is 16.9 Å². The van der Waals surface area contributed by atoms with Crippen molar-refractivity contribution in [1.82, 2.24) is 0 Å². The first kappa shape index (κ1) is 16.1. The average molecular weight is 340 g/mol. The van der Waals surface area contributed by atoms with Gasteiger partial charge in [0.15, 0.2) is 5.78 Å². The van der Waals surface area contributed by atoms with E-state index in [0.717, 1.165) is 16.2 Å². The minimum atomic E-state index is -0.140. The molecular formula is C19H16O4S. The number of thiophene rings is 1. The van der Waals surface area contributed by atoms with Crippen LogP contribution in [0.1, 0.15) is 15.9 Å². The molecule has 0 radical (unpaired) electrons. The number of phenolic OH excluding ortho intramolecular Hbond substituents is 1. The highest BCUT2D eigenvalue weighted by Crippen LogP contribution is 2.34. The number of methoxy groups -OCH3 is 2. The van der Waals surface area contributed by atoms with Crippen molar-refractivity contribution in [2.75, 3.05) is 14.2 Å². The summed E-state index contributed by atoms with van der Waals surface area (Å²) >= 11 is 1.50. The van der Waals surface area contributed by atoms with Gasteiger partial charge in [-0.05, 0) is 53.4 Å². The fourth-order valence-corrected chi connectivity index (χ4v) is 3.37. The summed E-state index contributed by atoms with van der Waals surface area (Å²) in [7, 11) is 3.09. The van der Waals surface area contributed by atoms with Crippen LogP contribution in [0, 0.1) is 0 Å². The zero-order valence-electron chi connectivity index (χ0n) is 13.3. The van der Waals surface area contributed by atoms with Crippen LogP contribution in [0.5, 0.6) is 17.2 Å². The third kappa shape index (κ3) is 2.98. The number of hydrogen-bond acceptors (Lipinski definition) is 5. The molecule has 5 heteroatoms. The Morgan fingerprint density at radius 2 is 1.71 bits per heavy atom. The summed E-state index contributed by atoms with van der Waals surface area (Å²) in [6.45, 7) is 0. The van der Waals surface area contributed by atoms with Crippen LogP contribution in [0.4, 0.5) is 0 Å². The van der Waals surface area contributed by atoms with Gasteiger partial charge in [-0.2, -0.15) is 0 Å². The van der Waals surface area contributed by atoms with Gasteiger partial charge >= 0.3 is 0 Å². The van der Waals surface area contributed by atoms with Crippen LogP contribution in [0.15, 0.2) is 53.9 Å². The Bertz CT molecular complexity index is 865. The molecular weight excluding hydrogens is 324 g/mol. The van der Waals surface area contributed by atoms with Crippen LogP contribution in [0.25, 0.3) is 10.4 Å². The Morgan fingerprint density at radius 1 is 0.958 bits per heavy atom. The molecule has 3 aromatic rings. The van der Waals surface area contributed by atoms with Crippen LogP contribution >= 0.6 is 11.3 Å². The Kier molecular flexibility index (Phi) is 4.53. The van der Waals surface area contributed by atoms with Crippen molar-refractivity contribution in [3.05, 3.63) is 65.0 Å². The lowest BCUT2D eigenvalue weighted by Crippen LogP contribution is -2.04. The van der Waals surface area contributed by atoms with E-state index >= 15 is 0 Å². The van der Waals surface area contributed by atoms with E-state index in [-0.39, 0.29) is 11.5 Å². The van der Waals surface area contributed by atoms with Gasteiger partial charge in [-0.1, -0.05) is 0 Å². The molecule has 0 aliphatic carbocycles. The van der Waals surface area contributed by atoms with Crippen molar-refractivity contribution in [2.24, 2.45) is 0 Å². The highest BCUT2D eigenvalue weighted by atomic mass is 32.1. The Balaban J connectivity index is 2.02. The maximum absolute atomic E-state index is 12.9. The largest absolute Gasteiger partial charge is 0.508 e. The van der Waals surface area contributed by atoms with Crippen molar-refractivity contribution >= 4 is 17.1 Å². The number of benzene rings is 2. The lowest BCUT2D eigenvalue weighted by molar-refractivity contribution is 0.103. The van der Waals surface area contributed by atoms with Crippen LogP contribution in [0.3, 0.4) is 0 Å². The number of carbonyl (C=O) groups excluding carboxylic acids is 1. The predicted molar refractivity (Wildman–Crippen MR) is 94.4 cm³/mol. The van der Waals surface area contributed by atoms with Crippen molar-refractivity contribution in [2.45, 2.75) is 0 Å². The Hall–Kier alpha value is -2.79. The second kappa shape index (κ2) is 6.76. The highest BCUT2D eigenvalue weighted by Gasteiger charge is 2.20. The van der Waals surface area contributed by atoms with Crippen LogP contribution in [-0.4, -0.2) is 25.1 Å². The second-order valence-corrected chi connectivity index (χ2v) is 6.02. The zero-order chi connectivity index (χ0) is 17.1. The highest BCUT2D eigenvalue weighted by molar-refractivity contribution is 7.14. The number of phenols is 1. The molecule has 3 rings (SSSR count). The first-order valence-corrected chi connectivity index (χ1v) is 8.15. The maximum Gasteiger partial charge on any atom is 0.198 e. The molecule has 0 bridgehead atoms. The van der Waals surface area contributed by atoms with E-state index in [9.17, 15) is 9.90 Å². The van der Waals surface area contributed by atoms with E-state index in [1.54, 1.807) is 19.2 Å². The lowest BCUT2D eigenvalue weighted by Gasteiger charge is -2.09. The average Bonchev–Trinajstić information content (AvgIpc) is 3.10. The Morgan fingerprint density at radius 3 is 2.38 bits per heavy atom. The van der Waals surface area contributed by atoms with E-state index < -0.39 is 0 Å². The number of ether oxygens (including phenoxy) is 2. The first-order valence-electron chi connectivity index (χ1n) is 7.27. The van der Waals surface area contributed by atoms with Gasteiger partial charge in [-0.15, -0.1) is 11.3 Å². The molecule has 0 aliphatic heterocycles. The molecule has 1 heterocycles. The zero-order valence-corrected chi connectivity index (χ0v) is 14.1. The van der Waals surface area contributed by atoms with Gasteiger partial charge in [-0.3, -0.25) is 4.79 Å². The van der Waals surface area contributed by atoms with Crippen molar-refractivity contribution < 1.29 is 19.4 Å². The standard InChI is InChI=1S/C19H16O4S/c1-22-14-6-3-12(4-7-14)19-16(9-10-24-19)18(21)15-8-5-13(20)11-17(15)23-2/h3-11,20H,1-2H3. The normalized spacial score (nSPS) is 10.4. The fraction of sp³-hybridized carbons (Fsp3) is 0.105. The number of rotatable bonds is 5. The van der Waals surface area contributed by atoms with Gasteiger partial charge < -0.3 is 14.6 Å². The van der Waals surface area contributed by atoms with Crippen LogP contribution < -0.4 is 9.47 Å². The first-order chi connectivity index (χ1) is 11.6. The SMILES string of the molecule is COc1ccc(-c2sccc2C(=O)c2ccc(O)cc2OC)cc1. The molecule has 122 valence electrons. The molecule has 0 fully saturated rings. The molecule has 1 N–H and O–H groups in total. The van der Waals surface area contributed by atoms with Crippen molar-refractivity contribution in [1.29, 1.82) is 0 Å². The van der Waals surface area contributed by atoms with Crippen molar-refractivity contribution in [3.63, 3.8) is 0 Å². The van der Waals surface area contributed by atoms with Gasteiger partial charge in [0.1, 0.15) is 17.2 Å². The third-order valence-corrected chi connectivity index (χ3v) is 4.66. The molecule has 0 amide bonds. The summed E-state index contributed by atoms with van der Waals surface area (Å²) in [5, 5.41) is 11.5. The van der Waals surface area contributed by atoms with Gasteiger partial charge in [0, 0.05) is 16.5 Å². The monoisotopic (exact) mass is 340 g/mol. The summed E-state index contributed by atoms with van der Waals surface area (Å²) in [5.41, 5.74) is 1.98. The second-order valence-electron chi connectivity index (χ2n) is 5.11. The van der Waals surface area contributed by atoms with Gasteiger partial charge in [-0.25, -0.2) is 0 Å². The molecule has 0 spiro atoms. The van der Waals surface area contributed by atoms with E-state index in [4.69, 9.17) is 9.47 Å². The third-order valence-electron chi connectivity index (χ3n) is 3.69. The minimum absolute atomic E-state index is 0.0593. The predicted octanol–water partition coefficient (Wildman–Crippen LogP) is 4.37. The lowest BCUT2D eigenvalue weighted by atomic mass is 10.00. The molecule has 4 nitrogen and oxygen atoms in total. The summed E-state index contributed by atoms with van der Waals surface area (Å²) in [5.74, 6) is 1.04. The molecule has 0 saturated heterocycles. The number of aromatic hydroxyl groups is 1. The molecule has 0 saturated carbocycles. The molecule has 0 unspecified atom stereocenters. The summed E-state index contributed by atoms with van der Waals surface area (Å²) in [4.78, 5) is 13.8. The molecule has 0 atom stereocenters. The summed E-state index contributed by atoms with van der Waals surface area (Å²) in [6.07, 6.45) is 0. The maximum atomic E-state index is 12.9. The summed E-state index contributed by atoms with van der Waals surface area (Å²) < 4.78 is 10.4. The Labute approximate surface area is 143 Å². The number of hydrogen-bond donors (Lipinski definition) is 1. The van der Waals surface area contributed by atoms with E-state index in [1.807, 2.05) is 29.6 Å². The molecule has 24 heavy (non-hydrogen) atoms. The summed E-state index contributed by atoms with van der Waals surface area (Å²) in [6, 6.07) is 13.9. The van der Waals surface area contributed by atoms with E-state index in [1.165, 1.54) is 30.6 Å². The van der Waals surface area contributed by atoms with Gasteiger partial charge in [0.2, 0.25) is 0 Å². The molecule has 2 aromatic carbocycles. The van der Waals surface area contributed by atoms with Crippen LogP contribution in [0.2, 0.25) is 0 Å². The van der Waals surface area contributed by atoms with E-state index in [2.05, 4.69) is 0 Å². The van der Waals surface area contributed by atoms with Crippen molar-refractivity contribution in [3.8, 4) is 27.7 Å². The number of carbonyl (C=O) groups is 1. The topological polar surface area (TPSA) is 55.8 Å². The van der Waals surface area contributed by atoms with Crippen LogP contribution in [-0.2, 0) is 0 Å². The quantitative estimate of drug-likeness (QED) is 0.701. The van der Waals surface area contributed by atoms with Gasteiger partial charge in [0.25, 0.3) is 0 Å². The number of ketones is 1. The molecule has 0 aliphatic rings. The van der Waals surface area contributed by atoms with Gasteiger partial charge in [0.05, 0.1) is 19.8 Å². The molecule has 1 aromatic heterocycles.